The van der Waals surface area contributed by atoms with E-state index in [1.807, 2.05) is 0 Å². The molecule has 2 heterocycles. The molecule has 0 aromatic rings. The Morgan fingerprint density at radius 2 is 1.88 bits per heavy atom. The molecular weight excluding hydrogens is 210 g/mol. The van der Waals surface area contributed by atoms with Crippen LogP contribution < -0.4 is 5.32 Å². The Hall–Kier alpha value is -0.120. The minimum absolute atomic E-state index is 0.760. The fraction of sp³-hybridized carbons (Fsp3) is 1.00. The van der Waals surface area contributed by atoms with Crippen molar-refractivity contribution in [3.05, 3.63) is 0 Å². The van der Waals surface area contributed by atoms with E-state index < -0.39 is 0 Å². The lowest BCUT2D eigenvalue weighted by atomic mass is 10.1. The molecule has 0 saturated carbocycles. The number of nitrogens with one attached hydrogen (secondary N) is 1. The molecule has 2 saturated heterocycles. The quantitative estimate of drug-likeness (QED) is 0.800. The largest absolute Gasteiger partial charge is 0.313 e. The van der Waals surface area contributed by atoms with Gasteiger partial charge in [0.05, 0.1) is 0 Å². The van der Waals surface area contributed by atoms with E-state index in [0.717, 1.165) is 12.0 Å². The lowest BCUT2D eigenvalue weighted by Crippen LogP contribution is -2.34. The van der Waals surface area contributed by atoms with E-state index in [0.29, 0.717) is 0 Å². The van der Waals surface area contributed by atoms with Gasteiger partial charge in [0.15, 0.2) is 0 Å². The number of nitrogens with zero attached hydrogens (tertiary/aromatic N) is 2. The van der Waals surface area contributed by atoms with Crippen molar-refractivity contribution in [3.63, 3.8) is 0 Å². The maximum absolute atomic E-state index is 3.65. The van der Waals surface area contributed by atoms with Crippen LogP contribution in [0.1, 0.15) is 33.1 Å². The molecule has 2 aliphatic rings. The molecular formula is C14H29N3. The zero-order chi connectivity index (χ0) is 12.1. The normalized spacial score (nSPS) is 32.8. The number of hydrogen-bond donors (Lipinski definition) is 1. The van der Waals surface area contributed by atoms with Gasteiger partial charge in [0.25, 0.3) is 0 Å². The van der Waals surface area contributed by atoms with Crippen LogP contribution in [0.3, 0.4) is 0 Å². The van der Waals surface area contributed by atoms with E-state index >= 15 is 0 Å². The Kier molecular flexibility index (Phi) is 5.26. The molecule has 2 atom stereocenters. The number of hydrogen-bond acceptors (Lipinski definition) is 3. The highest BCUT2D eigenvalue weighted by atomic mass is 15.2. The third-order valence-electron chi connectivity index (χ3n) is 4.48. The maximum atomic E-state index is 3.65. The summed E-state index contributed by atoms with van der Waals surface area (Å²) in [6, 6.07) is 0.760. The van der Waals surface area contributed by atoms with Crippen molar-refractivity contribution in [2.45, 2.75) is 39.2 Å². The fourth-order valence-electron chi connectivity index (χ4n) is 3.22. The molecule has 2 rings (SSSR count). The zero-order valence-electron chi connectivity index (χ0n) is 11.6. The molecule has 2 aliphatic heterocycles. The summed E-state index contributed by atoms with van der Waals surface area (Å²) in [7, 11) is 0. The molecule has 0 aromatic heterocycles. The minimum Gasteiger partial charge on any atom is -0.313 e. The van der Waals surface area contributed by atoms with Gasteiger partial charge < -0.3 is 15.1 Å². The van der Waals surface area contributed by atoms with Gasteiger partial charge in [0, 0.05) is 32.2 Å². The van der Waals surface area contributed by atoms with Crippen LogP contribution in [0, 0.1) is 5.92 Å². The van der Waals surface area contributed by atoms with Gasteiger partial charge in [-0.25, -0.2) is 0 Å². The smallest absolute Gasteiger partial charge is 0.0107 e. The summed E-state index contributed by atoms with van der Waals surface area (Å²) in [5.74, 6) is 0.924. The molecule has 0 spiro atoms. The fourth-order valence-corrected chi connectivity index (χ4v) is 3.22. The second-order valence-electron chi connectivity index (χ2n) is 5.70. The number of likely N-dealkylation sites (tertiary alicyclic amines) is 1. The Bertz CT molecular complexity index is 220. The molecule has 0 aromatic carbocycles. The maximum Gasteiger partial charge on any atom is 0.0107 e. The van der Waals surface area contributed by atoms with Crippen LogP contribution in [0.25, 0.3) is 0 Å². The van der Waals surface area contributed by atoms with Crippen molar-refractivity contribution in [2.24, 2.45) is 5.92 Å². The van der Waals surface area contributed by atoms with Gasteiger partial charge in [0.2, 0.25) is 0 Å². The molecule has 0 amide bonds. The van der Waals surface area contributed by atoms with Gasteiger partial charge in [-0.1, -0.05) is 13.8 Å². The van der Waals surface area contributed by atoms with Gasteiger partial charge >= 0.3 is 0 Å². The topological polar surface area (TPSA) is 18.5 Å². The highest BCUT2D eigenvalue weighted by Gasteiger charge is 2.24. The lowest BCUT2D eigenvalue weighted by molar-refractivity contribution is 0.238. The molecule has 0 radical (unpaired) electrons. The van der Waals surface area contributed by atoms with E-state index in [1.54, 1.807) is 0 Å². The third kappa shape index (κ3) is 3.94. The van der Waals surface area contributed by atoms with Gasteiger partial charge in [-0.2, -0.15) is 0 Å². The number of rotatable bonds is 4. The first-order valence-corrected chi connectivity index (χ1v) is 7.50. The van der Waals surface area contributed by atoms with Crippen LogP contribution in [-0.4, -0.2) is 61.7 Å². The van der Waals surface area contributed by atoms with E-state index in [9.17, 15) is 0 Å². The van der Waals surface area contributed by atoms with Crippen molar-refractivity contribution in [1.82, 2.24) is 15.1 Å². The highest BCUT2D eigenvalue weighted by molar-refractivity contribution is 4.80. The van der Waals surface area contributed by atoms with Crippen LogP contribution in [0.5, 0.6) is 0 Å². The van der Waals surface area contributed by atoms with Crippen LogP contribution in [0.15, 0.2) is 0 Å². The summed E-state index contributed by atoms with van der Waals surface area (Å²) in [6.45, 7) is 13.5. The molecule has 17 heavy (non-hydrogen) atoms. The molecule has 2 unspecified atom stereocenters. The van der Waals surface area contributed by atoms with Crippen molar-refractivity contribution < 1.29 is 0 Å². The summed E-state index contributed by atoms with van der Waals surface area (Å²) in [6.07, 6.45) is 4.02. The second-order valence-corrected chi connectivity index (χ2v) is 5.70. The van der Waals surface area contributed by atoms with E-state index in [4.69, 9.17) is 0 Å². The standard InChI is InChI=1S/C14H29N3/c1-3-14-6-9-17(10-7-15-14)12-13-5-8-16(4-2)11-13/h13-15H,3-12H2,1-2H3. The monoisotopic (exact) mass is 239 g/mol. The summed E-state index contributed by atoms with van der Waals surface area (Å²) in [4.78, 5) is 5.28. The predicted octanol–water partition coefficient (Wildman–Crippen LogP) is 1.40. The third-order valence-corrected chi connectivity index (χ3v) is 4.48. The summed E-state index contributed by atoms with van der Waals surface area (Å²) in [5.41, 5.74) is 0. The van der Waals surface area contributed by atoms with Crippen molar-refractivity contribution in [3.8, 4) is 0 Å². The van der Waals surface area contributed by atoms with Crippen LogP contribution in [0.2, 0.25) is 0 Å². The molecule has 3 nitrogen and oxygen atoms in total. The molecule has 2 fully saturated rings. The molecule has 0 aliphatic carbocycles. The summed E-state index contributed by atoms with van der Waals surface area (Å²) in [5, 5.41) is 3.65. The predicted molar refractivity (Wildman–Crippen MR) is 73.4 cm³/mol. The summed E-state index contributed by atoms with van der Waals surface area (Å²) < 4.78 is 0. The Morgan fingerprint density at radius 3 is 2.59 bits per heavy atom. The minimum atomic E-state index is 0.760. The van der Waals surface area contributed by atoms with Crippen molar-refractivity contribution in [1.29, 1.82) is 0 Å². The van der Waals surface area contributed by atoms with Gasteiger partial charge in [-0.15, -0.1) is 0 Å². The van der Waals surface area contributed by atoms with Crippen LogP contribution >= 0.6 is 0 Å². The first-order valence-electron chi connectivity index (χ1n) is 7.50. The molecule has 0 bridgehead atoms. The summed E-state index contributed by atoms with van der Waals surface area (Å²) >= 11 is 0. The Labute approximate surface area is 107 Å². The van der Waals surface area contributed by atoms with Crippen LogP contribution in [-0.2, 0) is 0 Å². The van der Waals surface area contributed by atoms with E-state index in [2.05, 4.69) is 29.0 Å². The first-order chi connectivity index (χ1) is 8.31. The zero-order valence-corrected chi connectivity index (χ0v) is 11.6. The second kappa shape index (κ2) is 6.72. The Balaban J connectivity index is 1.72. The van der Waals surface area contributed by atoms with Crippen molar-refractivity contribution in [2.75, 3.05) is 45.8 Å². The van der Waals surface area contributed by atoms with E-state index in [-0.39, 0.29) is 0 Å². The lowest BCUT2D eigenvalue weighted by Gasteiger charge is -2.23. The van der Waals surface area contributed by atoms with Crippen LogP contribution in [0.4, 0.5) is 0 Å². The van der Waals surface area contributed by atoms with E-state index in [1.165, 1.54) is 65.1 Å². The highest BCUT2D eigenvalue weighted by Crippen LogP contribution is 2.17. The average molecular weight is 239 g/mol. The first kappa shape index (κ1) is 13.3. The van der Waals surface area contributed by atoms with Gasteiger partial charge in [-0.3, -0.25) is 0 Å². The molecule has 100 valence electrons. The molecule has 3 heteroatoms. The molecule has 1 N–H and O–H groups in total. The Morgan fingerprint density at radius 1 is 1.06 bits per heavy atom. The van der Waals surface area contributed by atoms with Gasteiger partial charge in [0.1, 0.15) is 0 Å². The van der Waals surface area contributed by atoms with Crippen molar-refractivity contribution >= 4 is 0 Å². The average Bonchev–Trinajstić information content (AvgIpc) is 2.68. The SMILES string of the molecule is CCC1CCN(CC2CCN(CC)C2)CCN1. The van der Waals surface area contributed by atoms with Gasteiger partial charge in [-0.05, 0) is 44.8 Å².